The highest BCUT2D eigenvalue weighted by atomic mass is 19.1. The summed E-state index contributed by atoms with van der Waals surface area (Å²) in [5, 5.41) is 3.38. The van der Waals surface area contributed by atoms with Crippen molar-refractivity contribution in [1.29, 1.82) is 0 Å². The van der Waals surface area contributed by atoms with Gasteiger partial charge in [-0.25, -0.2) is 4.39 Å². The Labute approximate surface area is 133 Å². The lowest BCUT2D eigenvalue weighted by molar-refractivity contribution is 0.0530. The first-order valence-corrected chi connectivity index (χ1v) is 8.24. The Bertz CT molecular complexity index is 448. The Morgan fingerprint density at radius 1 is 1.18 bits per heavy atom. The molecule has 0 radical (unpaired) electrons. The number of para-hydroxylation sites is 1. The predicted molar refractivity (Wildman–Crippen MR) is 86.8 cm³/mol. The third kappa shape index (κ3) is 4.68. The molecular formula is C18H28FNO2. The van der Waals surface area contributed by atoms with E-state index in [1.807, 2.05) is 7.05 Å². The molecule has 0 amide bonds. The number of hydrogen-bond acceptors (Lipinski definition) is 3. The molecule has 1 aliphatic carbocycles. The zero-order valence-corrected chi connectivity index (χ0v) is 13.7. The summed E-state index contributed by atoms with van der Waals surface area (Å²) < 4.78 is 24.9. The van der Waals surface area contributed by atoms with E-state index in [0.717, 1.165) is 6.42 Å². The number of nitrogens with one attached hydrogen (secondary N) is 1. The minimum absolute atomic E-state index is 0.265. The van der Waals surface area contributed by atoms with Crippen molar-refractivity contribution in [3.8, 4) is 5.75 Å². The van der Waals surface area contributed by atoms with Crippen LogP contribution in [0.5, 0.6) is 5.75 Å². The molecule has 1 atom stereocenters. The van der Waals surface area contributed by atoms with Gasteiger partial charge < -0.3 is 14.8 Å². The lowest BCUT2D eigenvalue weighted by atomic mass is 9.80. The second kappa shape index (κ2) is 8.49. The van der Waals surface area contributed by atoms with E-state index in [2.05, 4.69) is 5.32 Å². The maximum Gasteiger partial charge on any atom is 0.165 e. The van der Waals surface area contributed by atoms with E-state index in [1.54, 1.807) is 25.3 Å². The van der Waals surface area contributed by atoms with Crippen molar-refractivity contribution in [1.82, 2.24) is 5.32 Å². The smallest absolute Gasteiger partial charge is 0.165 e. The Morgan fingerprint density at radius 2 is 1.91 bits per heavy atom. The van der Waals surface area contributed by atoms with Crippen molar-refractivity contribution in [3.63, 3.8) is 0 Å². The Kier molecular flexibility index (Phi) is 6.65. The average Bonchev–Trinajstić information content (AvgIpc) is 2.55. The van der Waals surface area contributed by atoms with Gasteiger partial charge in [-0.3, -0.25) is 0 Å². The summed E-state index contributed by atoms with van der Waals surface area (Å²) in [6.07, 6.45) is 7.52. The molecule has 1 aliphatic rings. The number of likely N-dealkylation sites (N-methyl/N-ethyl adjacent to an activating group) is 1. The molecule has 0 heterocycles. The van der Waals surface area contributed by atoms with E-state index in [1.165, 1.54) is 38.2 Å². The van der Waals surface area contributed by atoms with Crippen molar-refractivity contribution in [3.05, 3.63) is 30.1 Å². The van der Waals surface area contributed by atoms with Crippen LogP contribution in [-0.4, -0.2) is 32.9 Å². The predicted octanol–water partition coefficient (Wildman–Crippen LogP) is 3.78. The van der Waals surface area contributed by atoms with Gasteiger partial charge >= 0.3 is 0 Å². The first-order valence-electron chi connectivity index (χ1n) is 8.24. The largest absolute Gasteiger partial charge is 0.488 e. The fraction of sp³-hybridized carbons (Fsp3) is 0.667. The number of methoxy groups -OCH3 is 1. The highest BCUT2D eigenvalue weighted by Gasteiger charge is 2.33. The monoisotopic (exact) mass is 309 g/mol. The molecule has 0 bridgehead atoms. The standard InChI is InChI=1S/C18H28FNO2/c1-20-18(13-21-2,12-15-8-4-3-5-9-15)14-22-17-11-7-6-10-16(17)19/h6-7,10-11,15,20H,3-5,8-9,12-14H2,1-2H3. The lowest BCUT2D eigenvalue weighted by Gasteiger charge is -2.37. The minimum Gasteiger partial charge on any atom is -0.488 e. The van der Waals surface area contributed by atoms with E-state index >= 15 is 0 Å². The van der Waals surface area contributed by atoms with Crippen molar-refractivity contribution in [2.45, 2.75) is 44.1 Å². The molecule has 0 spiro atoms. The van der Waals surface area contributed by atoms with E-state index in [4.69, 9.17) is 9.47 Å². The molecule has 1 unspecified atom stereocenters. The van der Waals surface area contributed by atoms with Crippen molar-refractivity contribution in [2.24, 2.45) is 5.92 Å². The van der Waals surface area contributed by atoms with Gasteiger partial charge in [-0.2, -0.15) is 0 Å². The van der Waals surface area contributed by atoms with Crippen LogP contribution >= 0.6 is 0 Å². The van der Waals surface area contributed by atoms with Crippen molar-refractivity contribution >= 4 is 0 Å². The van der Waals surface area contributed by atoms with Crippen molar-refractivity contribution < 1.29 is 13.9 Å². The van der Waals surface area contributed by atoms with Gasteiger partial charge in [-0.05, 0) is 31.5 Å². The third-order valence-corrected chi connectivity index (χ3v) is 4.70. The summed E-state index contributed by atoms with van der Waals surface area (Å²) in [5.74, 6) is 0.685. The molecular weight excluding hydrogens is 281 g/mol. The summed E-state index contributed by atoms with van der Waals surface area (Å²) >= 11 is 0. The van der Waals surface area contributed by atoms with Gasteiger partial charge in [0.25, 0.3) is 0 Å². The van der Waals surface area contributed by atoms with Crippen LogP contribution < -0.4 is 10.1 Å². The third-order valence-electron chi connectivity index (χ3n) is 4.70. The molecule has 0 saturated heterocycles. The van der Waals surface area contributed by atoms with Gasteiger partial charge in [0.1, 0.15) is 6.61 Å². The molecule has 1 N–H and O–H groups in total. The van der Waals surface area contributed by atoms with E-state index in [9.17, 15) is 4.39 Å². The zero-order chi connectivity index (χ0) is 15.8. The SMILES string of the molecule is CNC(COC)(COc1ccccc1F)CC1CCCCC1. The number of rotatable bonds is 8. The number of hydrogen-bond donors (Lipinski definition) is 1. The van der Waals surface area contributed by atoms with Crippen LogP contribution in [0.3, 0.4) is 0 Å². The van der Waals surface area contributed by atoms with Crippen LogP contribution in [0, 0.1) is 11.7 Å². The summed E-state index contributed by atoms with van der Waals surface area (Å²) in [6.45, 7) is 0.975. The topological polar surface area (TPSA) is 30.5 Å². The Balaban J connectivity index is 2.02. The molecule has 3 nitrogen and oxygen atoms in total. The van der Waals surface area contributed by atoms with E-state index in [-0.39, 0.29) is 11.4 Å². The fourth-order valence-electron chi connectivity index (χ4n) is 3.40. The van der Waals surface area contributed by atoms with Crippen LogP contribution in [0.2, 0.25) is 0 Å². The molecule has 2 rings (SSSR count). The van der Waals surface area contributed by atoms with Gasteiger partial charge in [0, 0.05) is 7.11 Å². The second-order valence-electron chi connectivity index (χ2n) is 6.39. The molecule has 1 fully saturated rings. The number of halogens is 1. The quantitative estimate of drug-likeness (QED) is 0.793. The average molecular weight is 309 g/mol. The van der Waals surface area contributed by atoms with Crippen LogP contribution in [0.25, 0.3) is 0 Å². The first-order chi connectivity index (χ1) is 10.7. The highest BCUT2D eigenvalue weighted by Crippen LogP contribution is 2.31. The Hall–Kier alpha value is -1.13. The summed E-state index contributed by atoms with van der Waals surface area (Å²) in [6, 6.07) is 6.55. The van der Waals surface area contributed by atoms with Crippen LogP contribution in [-0.2, 0) is 4.74 Å². The Morgan fingerprint density at radius 3 is 2.55 bits per heavy atom. The van der Waals surface area contributed by atoms with Gasteiger partial charge in [0.2, 0.25) is 0 Å². The van der Waals surface area contributed by atoms with E-state index < -0.39 is 0 Å². The molecule has 124 valence electrons. The molecule has 0 aromatic heterocycles. The lowest BCUT2D eigenvalue weighted by Crippen LogP contribution is -2.53. The van der Waals surface area contributed by atoms with Crippen molar-refractivity contribution in [2.75, 3.05) is 27.4 Å². The molecule has 1 saturated carbocycles. The van der Waals surface area contributed by atoms with Crippen LogP contribution in [0.15, 0.2) is 24.3 Å². The summed E-state index contributed by atoms with van der Waals surface area (Å²) in [5.41, 5.74) is -0.265. The zero-order valence-electron chi connectivity index (χ0n) is 13.7. The summed E-state index contributed by atoms with van der Waals surface area (Å²) in [4.78, 5) is 0. The van der Waals surface area contributed by atoms with E-state index in [0.29, 0.717) is 24.9 Å². The minimum atomic E-state index is -0.317. The van der Waals surface area contributed by atoms with Gasteiger partial charge in [-0.1, -0.05) is 44.2 Å². The maximum atomic E-state index is 13.7. The second-order valence-corrected chi connectivity index (χ2v) is 6.39. The molecule has 22 heavy (non-hydrogen) atoms. The molecule has 0 aliphatic heterocycles. The van der Waals surface area contributed by atoms with Gasteiger partial charge in [-0.15, -0.1) is 0 Å². The molecule has 1 aromatic rings. The van der Waals surface area contributed by atoms with Crippen LogP contribution in [0.1, 0.15) is 38.5 Å². The summed E-state index contributed by atoms with van der Waals surface area (Å²) in [7, 11) is 3.64. The van der Waals surface area contributed by atoms with Gasteiger partial charge in [0.15, 0.2) is 11.6 Å². The molecule has 4 heteroatoms. The van der Waals surface area contributed by atoms with Crippen LogP contribution in [0.4, 0.5) is 4.39 Å². The maximum absolute atomic E-state index is 13.7. The first kappa shape index (κ1) is 17.2. The highest BCUT2D eigenvalue weighted by molar-refractivity contribution is 5.23. The molecule has 1 aromatic carbocycles. The number of benzene rings is 1. The fourth-order valence-corrected chi connectivity index (χ4v) is 3.40. The normalized spacial score (nSPS) is 18.9. The number of ether oxygens (including phenoxy) is 2. The van der Waals surface area contributed by atoms with Gasteiger partial charge in [0.05, 0.1) is 12.1 Å².